The van der Waals surface area contributed by atoms with Crippen molar-refractivity contribution in [2.75, 3.05) is 19.5 Å². The second-order valence-electron chi connectivity index (χ2n) is 9.39. The van der Waals surface area contributed by atoms with E-state index in [-0.39, 0.29) is 17.0 Å². The number of methoxy groups -OCH3 is 1. The minimum atomic E-state index is -2.50. The molecule has 2 aliphatic rings. The molecule has 2 aromatic rings. The topological polar surface area (TPSA) is 47.9 Å². The van der Waals surface area contributed by atoms with Crippen molar-refractivity contribution >= 4 is 41.5 Å². The molecule has 1 saturated carbocycles. The van der Waals surface area contributed by atoms with Crippen LogP contribution in [-0.2, 0) is 14.0 Å². The van der Waals surface area contributed by atoms with Gasteiger partial charge in [-0.05, 0) is 27.8 Å². The molecule has 0 bridgehead atoms. The van der Waals surface area contributed by atoms with Crippen molar-refractivity contribution in [3.63, 3.8) is 0 Å². The quantitative estimate of drug-likeness (QED) is 0.471. The third-order valence-corrected chi connectivity index (χ3v) is 12.5. The monoisotopic (exact) mass is 453 g/mol. The molecule has 3 atom stereocenters. The number of aliphatic imine (C=N–C) groups is 1. The van der Waals surface area contributed by atoms with E-state index in [1.54, 1.807) is 11.8 Å². The second-order valence-corrected chi connectivity index (χ2v) is 14.7. The van der Waals surface area contributed by atoms with Crippen molar-refractivity contribution in [3.8, 4) is 0 Å². The Bertz CT molecular complexity index is 903. The molecule has 6 heteroatoms. The number of carbonyl (C=O) groups excluding carboxylic acids is 1. The second kappa shape index (κ2) is 8.92. The molecule has 0 unspecified atom stereocenters. The van der Waals surface area contributed by atoms with Gasteiger partial charge in [-0.1, -0.05) is 81.4 Å². The van der Waals surface area contributed by atoms with Crippen LogP contribution in [0.3, 0.4) is 0 Å². The van der Waals surface area contributed by atoms with Crippen LogP contribution in [-0.4, -0.2) is 44.8 Å². The first-order chi connectivity index (χ1) is 14.9. The maximum atomic E-state index is 11.8. The van der Waals surface area contributed by atoms with Gasteiger partial charge in [0.2, 0.25) is 0 Å². The van der Waals surface area contributed by atoms with Crippen molar-refractivity contribution < 1.29 is 14.0 Å². The maximum absolute atomic E-state index is 11.8. The maximum Gasteiger partial charge on any atom is 0.331 e. The number of thioether (sulfide) groups is 1. The molecule has 1 aliphatic carbocycles. The van der Waals surface area contributed by atoms with Crippen LogP contribution in [0.1, 0.15) is 27.2 Å². The van der Waals surface area contributed by atoms with Crippen LogP contribution >= 0.6 is 11.8 Å². The largest absolute Gasteiger partial charge is 0.467 e. The van der Waals surface area contributed by atoms with Crippen molar-refractivity contribution in [1.82, 2.24) is 0 Å². The summed E-state index contributed by atoms with van der Waals surface area (Å²) in [6, 6.07) is 21.2. The summed E-state index contributed by atoms with van der Waals surface area (Å²) < 4.78 is 11.9. The van der Waals surface area contributed by atoms with Gasteiger partial charge >= 0.3 is 5.97 Å². The smallest absolute Gasteiger partial charge is 0.331 e. The van der Waals surface area contributed by atoms with Crippen LogP contribution in [0.2, 0.25) is 5.04 Å². The van der Waals surface area contributed by atoms with Gasteiger partial charge in [-0.3, -0.25) is 4.99 Å². The van der Waals surface area contributed by atoms with Crippen LogP contribution < -0.4 is 10.4 Å². The molecule has 0 saturated heterocycles. The first-order valence-corrected chi connectivity index (χ1v) is 13.8. The molecular weight excluding hydrogens is 422 g/mol. The van der Waals surface area contributed by atoms with E-state index < -0.39 is 8.32 Å². The van der Waals surface area contributed by atoms with Crippen LogP contribution in [0.15, 0.2) is 65.7 Å². The van der Waals surface area contributed by atoms with E-state index in [0.717, 1.165) is 18.1 Å². The molecule has 0 aromatic heterocycles. The highest BCUT2D eigenvalue weighted by molar-refractivity contribution is 8.14. The predicted molar refractivity (Wildman–Crippen MR) is 131 cm³/mol. The fraction of sp³-hybridized carbons (Fsp3) is 0.440. The third kappa shape index (κ3) is 4.38. The van der Waals surface area contributed by atoms with Gasteiger partial charge in [0.1, 0.15) is 0 Å². The number of hydrogen-bond acceptors (Lipinski definition) is 5. The van der Waals surface area contributed by atoms with Gasteiger partial charge in [-0.2, -0.15) is 0 Å². The summed E-state index contributed by atoms with van der Waals surface area (Å²) in [4.78, 5) is 16.4. The first kappa shape index (κ1) is 22.3. The molecule has 1 heterocycles. The molecule has 4 rings (SSSR count). The Morgan fingerprint density at radius 2 is 1.65 bits per heavy atom. The van der Waals surface area contributed by atoms with E-state index in [1.807, 2.05) is 0 Å². The Morgan fingerprint density at radius 1 is 1.06 bits per heavy atom. The molecule has 2 aromatic carbocycles. The first-order valence-electron chi connectivity index (χ1n) is 10.9. The van der Waals surface area contributed by atoms with Gasteiger partial charge in [0.15, 0.2) is 6.04 Å². The summed E-state index contributed by atoms with van der Waals surface area (Å²) in [5.74, 6) is 1.34. The van der Waals surface area contributed by atoms with Crippen LogP contribution in [0, 0.1) is 11.8 Å². The van der Waals surface area contributed by atoms with Gasteiger partial charge in [0.25, 0.3) is 8.32 Å². The van der Waals surface area contributed by atoms with Gasteiger partial charge in [0.05, 0.1) is 12.2 Å². The predicted octanol–water partition coefficient (Wildman–Crippen LogP) is 3.89. The minimum Gasteiger partial charge on any atom is -0.467 e. The molecule has 1 fully saturated rings. The van der Waals surface area contributed by atoms with Gasteiger partial charge < -0.3 is 9.16 Å². The SMILES string of the molecule is COC(=O)[C@@H]1CSC([C@@H]2C[C@@H]2CO[Si](c2ccccc2)(c2ccccc2)C(C)(C)C)=N1. The lowest BCUT2D eigenvalue weighted by Gasteiger charge is -2.43. The summed E-state index contributed by atoms with van der Waals surface area (Å²) in [5, 5.41) is 3.70. The van der Waals surface area contributed by atoms with Crippen LogP contribution in [0.5, 0.6) is 0 Å². The molecule has 1 aliphatic heterocycles. The molecule has 0 spiro atoms. The van der Waals surface area contributed by atoms with E-state index in [4.69, 9.17) is 9.16 Å². The summed E-state index contributed by atoms with van der Waals surface area (Å²) in [6.45, 7) is 7.64. The number of ether oxygens (including phenoxy) is 1. The number of benzene rings is 2. The Morgan fingerprint density at radius 3 is 2.16 bits per heavy atom. The number of rotatable bonds is 7. The number of nitrogens with zero attached hydrogens (tertiary/aromatic N) is 1. The fourth-order valence-electron chi connectivity index (χ4n) is 4.58. The number of esters is 1. The molecule has 0 N–H and O–H groups in total. The Hall–Kier alpha value is -1.89. The lowest BCUT2D eigenvalue weighted by molar-refractivity contribution is -0.141. The third-order valence-electron chi connectivity index (χ3n) is 6.32. The Kier molecular flexibility index (Phi) is 6.42. The van der Waals surface area contributed by atoms with Gasteiger partial charge in [-0.15, -0.1) is 11.8 Å². The molecule has 164 valence electrons. The van der Waals surface area contributed by atoms with E-state index in [1.165, 1.54) is 17.5 Å². The minimum absolute atomic E-state index is 0.0182. The lowest BCUT2D eigenvalue weighted by atomic mass is 10.2. The highest BCUT2D eigenvalue weighted by atomic mass is 32.2. The molecule has 0 amide bonds. The standard InChI is InChI=1S/C25H31NO3SSi/c1-25(2,3)31(19-11-7-5-8-12-19,20-13-9-6-10-14-20)29-16-18-15-21(18)23-26-22(17-30-23)24(27)28-4/h5-14,18,21-22H,15-17H2,1-4H3/t18-,21-,22+/m1/s1. The molecular formula is C25H31NO3SSi. The number of hydrogen-bond donors (Lipinski definition) is 0. The Labute approximate surface area is 190 Å². The average molecular weight is 454 g/mol. The molecule has 0 radical (unpaired) electrons. The van der Waals surface area contributed by atoms with Gasteiger partial charge in [-0.25, -0.2) is 4.79 Å². The van der Waals surface area contributed by atoms with E-state index >= 15 is 0 Å². The highest BCUT2D eigenvalue weighted by Gasteiger charge is 2.52. The highest BCUT2D eigenvalue weighted by Crippen LogP contribution is 2.46. The van der Waals surface area contributed by atoms with Gasteiger partial charge in [0, 0.05) is 18.3 Å². The fourth-order valence-corrected chi connectivity index (χ4v) is 10.4. The van der Waals surface area contributed by atoms with E-state index in [0.29, 0.717) is 17.6 Å². The van der Waals surface area contributed by atoms with Crippen LogP contribution in [0.4, 0.5) is 0 Å². The van der Waals surface area contributed by atoms with Crippen molar-refractivity contribution in [2.45, 2.75) is 38.3 Å². The summed E-state index contributed by atoms with van der Waals surface area (Å²) in [5.41, 5.74) is 0. The molecule has 31 heavy (non-hydrogen) atoms. The summed E-state index contributed by atoms with van der Waals surface area (Å²) in [6.07, 6.45) is 1.08. The summed E-state index contributed by atoms with van der Waals surface area (Å²) in [7, 11) is -1.07. The zero-order valence-electron chi connectivity index (χ0n) is 18.7. The summed E-state index contributed by atoms with van der Waals surface area (Å²) >= 11 is 1.71. The zero-order valence-corrected chi connectivity index (χ0v) is 20.5. The molecule has 4 nitrogen and oxygen atoms in total. The van der Waals surface area contributed by atoms with Crippen molar-refractivity contribution in [1.29, 1.82) is 0 Å². The zero-order chi connectivity index (χ0) is 22.1. The van der Waals surface area contributed by atoms with Crippen molar-refractivity contribution in [2.24, 2.45) is 16.8 Å². The average Bonchev–Trinajstić information content (AvgIpc) is 3.38. The van der Waals surface area contributed by atoms with E-state index in [2.05, 4.69) is 86.4 Å². The van der Waals surface area contributed by atoms with Crippen molar-refractivity contribution in [3.05, 3.63) is 60.7 Å². The number of carbonyl (C=O) groups is 1. The van der Waals surface area contributed by atoms with Crippen LogP contribution in [0.25, 0.3) is 0 Å². The Balaban J connectivity index is 1.57. The normalized spacial score (nSPS) is 23.4. The van der Waals surface area contributed by atoms with E-state index in [9.17, 15) is 4.79 Å². The lowest BCUT2D eigenvalue weighted by Crippen LogP contribution is -2.66.